The molecule has 0 aromatic heterocycles. The van der Waals surface area contributed by atoms with Crippen LogP contribution in [0.2, 0.25) is 0 Å². The van der Waals surface area contributed by atoms with E-state index in [4.69, 9.17) is 10.5 Å². The number of hydrogen-bond acceptors (Lipinski definition) is 4. The van der Waals surface area contributed by atoms with E-state index in [1.165, 1.54) is 6.42 Å². The van der Waals surface area contributed by atoms with E-state index in [-0.39, 0.29) is 18.1 Å². The third-order valence-electron chi connectivity index (χ3n) is 3.41. The first kappa shape index (κ1) is 13.5. The number of likely N-dealkylation sites (tertiary alicyclic amines) is 1. The lowest BCUT2D eigenvalue weighted by molar-refractivity contribution is -0.149. The Hall–Kier alpha value is -0.610. The van der Waals surface area contributed by atoms with E-state index in [0.29, 0.717) is 12.5 Å². The van der Waals surface area contributed by atoms with Gasteiger partial charge in [0.25, 0.3) is 0 Å². The van der Waals surface area contributed by atoms with Crippen LogP contribution in [0.5, 0.6) is 0 Å². The van der Waals surface area contributed by atoms with Gasteiger partial charge in [-0.15, -0.1) is 0 Å². The van der Waals surface area contributed by atoms with Crippen molar-refractivity contribution in [2.45, 2.75) is 45.7 Å². The molecule has 0 bridgehead atoms. The molecule has 0 aromatic rings. The lowest BCUT2D eigenvalue weighted by Gasteiger charge is -2.37. The molecule has 1 heterocycles. The Bertz CT molecular complexity index is 231. The van der Waals surface area contributed by atoms with Crippen LogP contribution in [0.1, 0.15) is 33.6 Å². The van der Waals surface area contributed by atoms with E-state index in [9.17, 15) is 4.79 Å². The normalized spacial score (nSPS) is 26.1. The minimum absolute atomic E-state index is 0.118. The minimum atomic E-state index is -0.138. The maximum Gasteiger partial charge on any atom is 0.323 e. The second-order valence-corrected chi connectivity index (χ2v) is 4.68. The summed E-state index contributed by atoms with van der Waals surface area (Å²) in [5.74, 6) is 0.387. The average molecular weight is 228 g/mol. The molecule has 0 saturated carbocycles. The fourth-order valence-corrected chi connectivity index (χ4v) is 2.23. The molecule has 4 nitrogen and oxygen atoms in total. The van der Waals surface area contributed by atoms with Crippen LogP contribution in [0.4, 0.5) is 0 Å². The summed E-state index contributed by atoms with van der Waals surface area (Å²) in [5.41, 5.74) is 5.92. The van der Waals surface area contributed by atoms with Crippen molar-refractivity contribution >= 4 is 5.97 Å². The fraction of sp³-hybridized carbons (Fsp3) is 0.917. The van der Waals surface area contributed by atoms with Crippen LogP contribution in [0.25, 0.3) is 0 Å². The van der Waals surface area contributed by atoms with Crippen molar-refractivity contribution in [3.05, 3.63) is 0 Å². The monoisotopic (exact) mass is 228 g/mol. The van der Waals surface area contributed by atoms with Gasteiger partial charge in [-0.05, 0) is 46.1 Å². The summed E-state index contributed by atoms with van der Waals surface area (Å²) in [7, 11) is 0. The molecule has 3 unspecified atom stereocenters. The summed E-state index contributed by atoms with van der Waals surface area (Å²) >= 11 is 0. The van der Waals surface area contributed by atoms with E-state index in [1.54, 1.807) is 0 Å². The average Bonchev–Trinajstić information content (AvgIpc) is 2.28. The number of carbonyl (C=O) groups excluding carboxylic acids is 1. The number of rotatable bonds is 4. The van der Waals surface area contributed by atoms with Crippen molar-refractivity contribution in [1.29, 1.82) is 0 Å². The molecule has 94 valence electrons. The molecule has 1 rings (SSSR count). The van der Waals surface area contributed by atoms with Gasteiger partial charge in [0.15, 0.2) is 0 Å². The number of piperidine rings is 1. The SMILES string of the molecule is CCOC(=O)C(C)N1CCCC(C(C)N)C1. The molecule has 16 heavy (non-hydrogen) atoms. The Labute approximate surface area is 98.1 Å². The van der Waals surface area contributed by atoms with Crippen molar-refractivity contribution in [2.75, 3.05) is 19.7 Å². The zero-order chi connectivity index (χ0) is 12.1. The summed E-state index contributed by atoms with van der Waals surface area (Å²) in [5, 5.41) is 0. The largest absolute Gasteiger partial charge is 0.465 e. The van der Waals surface area contributed by atoms with Gasteiger partial charge < -0.3 is 10.5 Å². The Kier molecular flexibility index (Phi) is 5.22. The lowest BCUT2D eigenvalue weighted by atomic mass is 9.91. The number of nitrogens with two attached hydrogens (primary N) is 1. The highest BCUT2D eigenvalue weighted by Gasteiger charge is 2.29. The van der Waals surface area contributed by atoms with E-state index < -0.39 is 0 Å². The van der Waals surface area contributed by atoms with Gasteiger partial charge in [0.2, 0.25) is 0 Å². The first-order valence-corrected chi connectivity index (χ1v) is 6.22. The van der Waals surface area contributed by atoms with Crippen LogP contribution in [0.15, 0.2) is 0 Å². The van der Waals surface area contributed by atoms with Crippen LogP contribution >= 0.6 is 0 Å². The van der Waals surface area contributed by atoms with Gasteiger partial charge in [-0.2, -0.15) is 0 Å². The molecule has 1 aliphatic rings. The van der Waals surface area contributed by atoms with Crippen LogP contribution in [-0.2, 0) is 9.53 Å². The Morgan fingerprint density at radius 1 is 1.56 bits per heavy atom. The predicted octanol–water partition coefficient (Wildman–Crippen LogP) is 0.997. The summed E-state index contributed by atoms with van der Waals surface area (Å²) in [4.78, 5) is 13.8. The summed E-state index contributed by atoms with van der Waals surface area (Å²) in [6.07, 6.45) is 2.29. The van der Waals surface area contributed by atoms with Crippen LogP contribution < -0.4 is 5.73 Å². The number of carbonyl (C=O) groups is 1. The molecule has 1 fully saturated rings. The highest BCUT2D eigenvalue weighted by molar-refractivity contribution is 5.75. The quantitative estimate of drug-likeness (QED) is 0.729. The van der Waals surface area contributed by atoms with Crippen molar-refractivity contribution in [3.63, 3.8) is 0 Å². The van der Waals surface area contributed by atoms with E-state index in [2.05, 4.69) is 4.90 Å². The maximum absolute atomic E-state index is 11.6. The maximum atomic E-state index is 11.6. The van der Waals surface area contributed by atoms with E-state index in [0.717, 1.165) is 19.5 Å². The Morgan fingerprint density at radius 3 is 2.81 bits per heavy atom. The van der Waals surface area contributed by atoms with Crippen molar-refractivity contribution < 1.29 is 9.53 Å². The van der Waals surface area contributed by atoms with Gasteiger partial charge in [-0.3, -0.25) is 9.69 Å². The number of hydrogen-bond donors (Lipinski definition) is 1. The topological polar surface area (TPSA) is 55.6 Å². The summed E-state index contributed by atoms with van der Waals surface area (Å²) in [6.45, 7) is 8.14. The predicted molar refractivity (Wildman–Crippen MR) is 64.0 cm³/mol. The molecule has 0 radical (unpaired) electrons. The van der Waals surface area contributed by atoms with Gasteiger partial charge in [-0.1, -0.05) is 0 Å². The minimum Gasteiger partial charge on any atom is -0.465 e. The Morgan fingerprint density at radius 2 is 2.25 bits per heavy atom. The van der Waals surface area contributed by atoms with Gasteiger partial charge in [0.05, 0.1) is 6.61 Å². The van der Waals surface area contributed by atoms with Crippen molar-refractivity contribution in [3.8, 4) is 0 Å². The molecule has 1 saturated heterocycles. The van der Waals surface area contributed by atoms with E-state index in [1.807, 2.05) is 20.8 Å². The summed E-state index contributed by atoms with van der Waals surface area (Å²) < 4.78 is 5.04. The van der Waals surface area contributed by atoms with Gasteiger partial charge in [-0.25, -0.2) is 0 Å². The van der Waals surface area contributed by atoms with E-state index >= 15 is 0 Å². The second-order valence-electron chi connectivity index (χ2n) is 4.68. The molecule has 0 amide bonds. The second kappa shape index (κ2) is 6.21. The fourth-order valence-electron chi connectivity index (χ4n) is 2.23. The molecule has 4 heteroatoms. The number of nitrogens with zero attached hydrogens (tertiary/aromatic N) is 1. The van der Waals surface area contributed by atoms with Gasteiger partial charge >= 0.3 is 5.97 Å². The highest BCUT2D eigenvalue weighted by Crippen LogP contribution is 2.20. The van der Waals surface area contributed by atoms with Gasteiger partial charge in [0.1, 0.15) is 6.04 Å². The standard InChI is InChI=1S/C12H24N2O2/c1-4-16-12(15)10(3)14-7-5-6-11(8-14)9(2)13/h9-11H,4-8,13H2,1-3H3. The molecule has 3 atom stereocenters. The molecule has 1 aliphatic heterocycles. The zero-order valence-electron chi connectivity index (χ0n) is 10.6. The molecule has 0 spiro atoms. The molecule has 2 N–H and O–H groups in total. The summed E-state index contributed by atoms with van der Waals surface area (Å²) in [6, 6.07) is 0.0682. The lowest BCUT2D eigenvalue weighted by Crippen LogP contribution is -2.49. The number of ether oxygens (including phenoxy) is 1. The van der Waals surface area contributed by atoms with Crippen molar-refractivity contribution in [1.82, 2.24) is 4.90 Å². The van der Waals surface area contributed by atoms with Gasteiger partial charge in [0, 0.05) is 12.6 Å². The van der Waals surface area contributed by atoms with Crippen molar-refractivity contribution in [2.24, 2.45) is 11.7 Å². The highest BCUT2D eigenvalue weighted by atomic mass is 16.5. The zero-order valence-corrected chi connectivity index (χ0v) is 10.6. The Balaban J connectivity index is 2.49. The molecular weight excluding hydrogens is 204 g/mol. The van der Waals surface area contributed by atoms with Crippen LogP contribution in [0.3, 0.4) is 0 Å². The third kappa shape index (κ3) is 3.46. The third-order valence-corrected chi connectivity index (χ3v) is 3.41. The first-order chi connectivity index (χ1) is 7.56. The smallest absolute Gasteiger partial charge is 0.323 e. The van der Waals surface area contributed by atoms with Crippen LogP contribution in [0, 0.1) is 5.92 Å². The molecule has 0 aromatic carbocycles. The first-order valence-electron chi connectivity index (χ1n) is 6.22. The van der Waals surface area contributed by atoms with Crippen LogP contribution in [-0.4, -0.2) is 42.6 Å². The molecule has 0 aliphatic carbocycles. The number of esters is 1. The molecular formula is C12H24N2O2.